The lowest BCUT2D eigenvalue weighted by Crippen LogP contribution is -2.21. The third-order valence-electron chi connectivity index (χ3n) is 1.92. The summed E-state index contributed by atoms with van der Waals surface area (Å²) in [6, 6.07) is 1.42. The molecule has 0 fully saturated rings. The standard InChI is InChI=1S/C9H10BrF3N2O/c10-7-4-6(14)5-15(8(7)16)3-1-2-9(11,12)13/h4-5H,1-3,14H2. The van der Waals surface area contributed by atoms with Crippen molar-refractivity contribution in [3.05, 3.63) is 27.1 Å². The molecule has 0 aliphatic heterocycles. The second-order valence-electron chi connectivity index (χ2n) is 3.34. The number of nitrogen functional groups attached to an aromatic ring is 1. The maximum atomic E-state index is 11.9. The van der Waals surface area contributed by atoms with E-state index < -0.39 is 12.6 Å². The third kappa shape index (κ3) is 3.88. The summed E-state index contributed by atoms with van der Waals surface area (Å²) in [6.45, 7) is 0.00197. The van der Waals surface area contributed by atoms with Gasteiger partial charge in [-0.25, -0.2) is 0 Å². The number of anilines is 1. The van der Waals surface area contributed by atoms with Gasteiger partial charge in [-0.3, -0.25) is 4.79 Å². The lowest BCUT2D eigenvalue weighted by atomic mass is 10.3. The van der Waals surface area contributed by atoms with E-state index in [2.05, 4.69) is 15.9 Å². The van der Waals surface area contributed by atoms with E-state index >= 15 is 0 Å². The van der Waals surface area contributed by atoms with Crippen LogP contribution in [0.3, 0.4) is 0 Å². The Kier molecular flexibility index (Phi) is 4.01. The monoisotopic (exact) mass is 298 g/mol. The largest absolute Gasteiger partial charge is 0.398 e. The first kappa shape index (κ1) is 13.1. The molecule has 0 bridgehead atoms. The minimum absolute atomic E-state index is 0.00197. The first-order valence-corrected chi connectivity index (χ1v) is 5.31. The van der Waals surface area contributed by atoms with Gasteiger partial charge in [0.05, 0.1) is 4.47 Å². The summed E-state index contributed by atoms with van der Waals surface area (Å²) < 4.78 is 37.1. The van der Waals surface area contributed by atoms with E-state index in [0.717, 1.165) is 0 Å². The van der Waals surface area contributed by atoms with Crippen molar-refractivity contribution >= 4 is 21.6 Å². The summed E-state index contributed by atoms with van der Waals surface area (Å²) in [7, 11) is 0. The minimum atomic E-state index is -4.19. The second-order valence-corrected chi connectivity index (χ2v) is 4.19. The molecule has 0 amide bonds. The zero-order valence-corrected chi connectivity index (χ0v) is 9.81. The van der Waals surface area contributed by atoms with Gasteiger partial charge in [-0.2, -0.15) is 13.2 Å². The fraction of sp³-hybridized carbons (Fsp3) is 0.444. The van der Waals surface area contributed by atoms with Crippen molar-refractivity contribution in [1.82, 2.24) is 4.57 Å². The zero-order chi connectivity index (χ0) is 12.3. The Morgan fingerprint density at radius 2 is 2.06 bits per heavy atom. The number of rotatable bonds is 3. The Hall–Kier alpha value is -0.980. The molecule has 2 N–H and O–H groups in total. The highest BCUT2D eigenvalue weighted by molar-refractivity contribution is 9.10. The van der Waals surface area contributed by atoms with Gasteiger partial charge in [0.15, 0.2) is 0 Å². The molecule has 7 heteroatoms. The maximum Gasteiger partial charge on any atom is 0.389 e. The van der Waals surface area contributed by atoms with E-state index in [1.807, 2.05) is 0 Å². The Morgan fingerprint density at radius 3 is 2.62 bits per heavy atom. The molecule has 1 aromatic heterocycles. The van der Waals surface area contributed by atoms with Gasteiger partial charge in [0.25, 0.3) is 5.56 Å². The molecule has 90 valence electrons. The summed E-state index contributed by atoms with van der Waals surface area (Å²) in [5, 5.41) is 0. The molecule has 3 nitrogen and oxygen atoms in total. The first-order valence-electron chi connectivity index (χ1n) is 4.52. The molecule has 0 saturated carbocycles. The third-order valence-corrected chi connectivity index (χ3v) is 2.49. The van der Waals surface area contributed by atoms with E-state index in [-0.39, 0.29) is 23.0 Å². The van der Waals surface area contributed by atoms with Crippen LogP contribution in [0.15, 0.2) is 21.5 Å². The lowest BCUT2D eigenvalue weighted by molar-refractivity contribution is -0.135. The van der Waals surface area contributed by atoms with E-state index in [4.69, 9.17) is 5.73 Å². The van der Waals surface area contributed by atoms with E-state index in [9.17, 15) is 18.0 Å². The van der Waals surface area contributed by atoms with Crippen molar-refractivity contribution in [2.45, 2.75) is 25.6 Å². The maximum absolute atomic E-state index is 11.9. The van der Waals surface area contributed by atoms with Gasteiger partial charge in [0, 0.05) is 24.8 Å². The average molecular weight is 299 g/mol. The molecular weight excluding hydrogens is 289 g/mol. The summed E-state index contributed by atoms with van der Waals surface area (Å²) in [5.74, 6) is 0. The molecular formula is C9H10BrF3N2O. The molecule has 0 aromatic carbocycles. The first-order chi connectivity index (χ1) is 7.29. The Bertz CT molecular complexity index is 428. The van der Waals surface area contributed by atoms with Crippen LogP contribution in [0.1, 0.15) is 12.8 Å². The molecule has 1 aromatic rings. The van der Waals surface area contributed by atoms with E-state index in [0.29, 0.717) is 5.69 Å². The molecule has 0 aliphatic rings. The molecule has 0 spiro atoms. The number of alkyl halides is 3. The van der Waals surface area contributed by atoms with Gasteiger partial charge in [0.1, 0.15) is 0 Å². The predicted octanol–water partition coefficient (Wildman–Crippen LogP) is 2.54. The average Bonchev–Trinajstić information content (AvgIpc) is 2.11. The van der Waals surface area contributed by atoms with Crippen LogP contribution < -0.4 is 11.3 Å². The van der Waals surface area contributed by atoms with Crippen molar-refractivity contribution in [1.29, 1.82) is 0 Å². The van der Waals surface area contributed by atoms with Crippen LogP contribution in [0.2, 0.25) is 0 Å². The molecule has 0 unspecified atom stereocenters. The minimum Gasteiger partial charge on any atom is -0.398 e. The molecule has 1 heterocycles. The summed E-state index contributed by atoms with van der Waals surface area (Å²) in [6.07, 6.45) is -3.91. The smallest absolute Gasteiger partial charge is 0.389 e. The highest BCUT2D eigenvalue weighted by Gasteiger charge is 2.26. The van der Waals surface area contributed by atoms with Gasteiger partial charge in [0.2, 0.25) is 0 Å². The highest BCUT2D eigenvalue weighted by Crippen LogP contribution is 2.21. The van der Waals surface area contributed by atoms with Gasteiger partial charge in [-0.05, 0) is 28.4 Å². The number of nitrogens with two attached hydrogens (primary N) is 1. The molecule has 0 radical (unpaired) electrons. The fourth-order valence-corrected chi connectivity index (χ4v) is 1.73. The Balaban J connectivity index is 2.71. The number of pyridine rings is 1. The van der Waals surface area contributed by atoms with Crippen LogP contribution in [0.5, 0.6) is 0 Å². The second kappa shape index (κ2) is 4.90. The highest BCUT2D eigenvalue weighted by atomic mass is 79.9. The van der Waals surface area contributed by atoms with Gasteiger partial charge in [-0.15, -0.1) is 0 Å². The number of aryl methyl sites for hydroxylation is 1. The number of aromatic nitrogens is 1. The van der Waals surface area contributed by atoms with Crippen molar-refractivity contribution in [3.8, 4) is 0 Å². The molecule has 0 atom stereocenters. The summed E-state index contributed by atoms with van der Waals surface area (Å²) >= 11 is 2.99. The van der Waals surface area contributed by atoms with Crippen LogP contribution in [-0.2, 0) is 6.54 Å². The summed E-state index contributed by atoms with van der Waals surface area (Å²) in [5.41, 5.74) is 5.43. The van der Waals surface area contributed by atoms with Crippen molar-refractivity contribution in [3.63, 3.8) is 0 Å². The number of hydrogen-bond acceptors (Lipinski definition) is 2. The lowest BCUT2D eigenvalue weighted by Gasteiger charge is -2.09. The quantitative estimate of drug-likeness (QED) is 0.932. The van der Waals surface area contributed by atoms with Crippen LogP contribution in [0, 0.1) is 0 Å². The Morgan fingerprint density at radius 1 is 1.44 bits per heavy atom. The molecule has 0 saturated heterocycles. The summed E-state index contributed by atoms with van der Waals surface area (Å²) in [4.78, 5) is 11.5. The van der Waals surface area contributed by atoms with E-state index in [1.165, 1.54) is 16.8 Å². The molecule has 1 rings (SSSR count). The predicted molar refractivity (Wildman–Crippen MR) is 58.1 cm³/mol. The van der Waals surface area contributed by atoms with Gasteiger partial charge < -0.3 is 10.3 Å². The van der Waals surface area contributed by atoms with Crippen molar-refractivity contribution in [2.75, 3.05) is 5.73 Å². The van der Waals surface area contributed by atoms with Crippen molar-refractivity contribution in [2.24, 2.45) is 0 Å². The number of nitrogens with zero attached hydrogens (tertiary/aromatic N) is 1. The Labute approximate surface area is 98.2 Å². The SMILES string of the molecule is Nc1cc(Br)c(=O)n(CCCC(F)(F)F)c1. The molecule has 0 aliphatic carbocycles. The topological polar surface area (TPSA) is 48.0 Å². The number of hydrogen-bond donors (Lipinski definition) is 1. The van der Waals surface area contributed by atoms with Crippen LogP contribution >= 0.6 is 15.9 Å². The molecule has 16 heavy (non-hydrogen) atoms. The normalized spacial score (nSPS) is 11.8. The zero-order valence-electron chi connectivity index (χ0n) is 8.22. The van der Waals surface area contributed by atoms with Gasteiger partial charge >= 0.3 is 6.18 Å². The fourth-order valence-electron chi connectivity index (χ4n) is 1.24. The van der Waals surface area contributed by atoms with E-state index in [1.54, 1.807) is 0 Å². The van der Waals surface area contributed by atoms with Crippen LogP contribution in [-0.4, -0.2) is 10.7 Å². The van der Waals surface area contributed by atoms with Crippen LogP contribution in [0.4, 0.5) is 18.9 Å². The number of halogens is 4. The van der Waals surface area contributed by atoms with Crippen LogP contribution in [0.25, 0.3) is 0 Å². The van der Waals surface area contributed by atoms with Crippen molar-refractivity contribution < 1.29 is 13.2 Å². The van der Waals surface area contributed by atoms with Gasteiger partial charge in [-0.1, -0.05) is 0 Å².